The lowest BCUT2D eigenvalue weighted by Gasteiger charge is -2.46. The van der Waals surface area contributed by atoms with Gasteiger partial charge in [0.2, 0.25) is 10.0 Å². The van der Waals surface area contributed by atoms with Gasteiger partial charge in [-0.2, -0.15) is 4.31 Å². The SMILES string of the molecule is CC(C)COc1ccccc1CN1CCC2(CC1)CCN(S(=O)(=O)c1ccccc1Cl)CC2. The zero-order valence-electron chi connectivity index (χ0n) is 19.7. The summed E-state index contributed by atoms with van der Waals surface area (Å²) in [6.07, 6.45) is 4.06. The molecule has 0 aromatic heterocycles. The zero-order valence-corrected chi connectivity index (χ0v) is 21.2. The van der Waals surface area contributed by atoms with Crippen molar-refractivity contribution in [2.45, 2.75) is 51.0 Å². The van der Waals surface area contributed by atoms with Crippen molar-refractivity contribution < 1.29 is 13.2 Å². The van der Waals surface area contributed by atoms with Gasteiger partial charge in [0.05, 0.1) is 11.6 Å². The van der Waals surface area contributed by atoms with Crippen LogP contribution in [-0.4, -0.2) is 50.4 Å². The van der Waals surface area contributed by atoms with E-state index in [9.17, 15) is 8.42 Å². The van der Waals surface area contributed by atoms with Crippen molar-refractivity contribution in [2.24, 2.45) is 11.3 Å². The Hall–Kier alpha value is -1.60. The Morgan fingerprint density at radius 3 is 2.21 bits per heavy atom. The van der Waals surface area contributed by atoms with Gasteiger partial charge in [0.15, 0.2) is 0 Å². The number of halogens is 1. The third kappa shape index (κ3) is 5.73. The summed E-state index contributed by atoms with van der Waals surface area (Å²) in [6.45, 7) is 9.17. The van der Waals surface area contributed by atoms with E-state index in [-0.39, 0.29) is 10.3 Å². The van der Waals surface area contributed by atoms with Gasteiger partial charge in [0.1, 0.15) is 10.6 Å². The minimum absolute atomic E-state index is 0.218. The molecular weight excluding hydrogens is 456 g/mol. The number of hydrogen-bond donors (Lipinski definition) is 0. The molecule has 2 fully saturated rings. The number of para-hydroxylation sites is 1. The summed E-state index contributed by atoms with van der Waals surface area (Å²) in [5.41, 5.74) is 1.49. The van der Waals surface area contributed by atoms with Gasteiger partial charge in [0.25, 0.3) is 0 Å². The molecule has 180 valence electrons. The fourth-order valence-electron chi connectivity index (χ4n) is 4.95. The minimum atomic E-state index is -3.54. The first-order valence-corrected chi connectivity index (χ1v) is 13.8. The van der Waals surface area contributed by atoms with Gasteiger partial charge in [-0.1, -0.05) is 55.8 Å². The normalized spacial score (nSPS) is 19.8. The third-order valence-corrected chi connectivity index (χ3v) is 9.49. The molecule has 2 aromatic carbocycles. The van der Waals surface area contributed by atoms with Crippen LogP contribution in [0.25, 0.3) is 0 Å². The molecule has 0 radical (unpaired) electrons. The van der Waals surface area contributed by atoms with Gasteiger partial charge in [-0.05, 0) is 68.3 Å². The molecule has 0 N–H and O–H groups in total. The predicted molar refractivity (Wildman–Crippen MR) is 133 cm³/mol. The van der Waals surface area contributed by atoms with Crippen LogP contribution in [0.5, 0.6) is 5.75 Å². The van der Waals surface area contributed by atoms with Crippen molar-refractivity contribution in [2.75, 3.05) is 32.8 Å². The maximum Gasteiger partial charge on any atom is 0.244 e. The summed E-state index contributed by atoms with van der Waals surface area (Å²) < 4.78 is 33.8. The largest absolute Gasteiger partial charge is 0.493 e. The van der Waals surface area contributed by atoms with Crippen LogP contribution in [-0.2, 0) is 16.6 Å². The second kappa shape index (κ2) is 10.3. The molecule has 2 aliphatic rings. The molecule has 7 heteroatoms. The van der Waals surface area contributed by atoms with Crippen LogP contribution in [0, 0.1) is 11.3 Å². The standard InChI is InChI=1S/C26H35ClN2O3S/c1-21(2)20-32-24-9-5-3-7-22(24)19-28-15-11-26(12-16-28)13-17-29(18-14-26)33(30,31)25-10-6-4-8-23(25)27/h3-10,21H,11-20H2,1-2H3. The monoisotopic (exact) mass is 490 g/mol. The van der Waals surface area contributed by atoms with E-state index in [1.807, 2.05) is 6.07 Å². The van der Waals surface area contributed by atoms with E-state index in [1.165, 1.54) is 5.56 Å². The molecule has 0 bridgehead atoms. The third-order valence-electron chi connectivity index (χ3n) is 7.09. The quantitative estimate of drug-likeness (QED) is 0.518. The smallest absolute Gasteiger partial charge is 0.244 e. The first-order valence-electron chi connectivity index (χ1n) is 12.0. The van der Waals surface area contributed by atoms with Crippen molar-refractivity contribution in [3.8, 4) is 5.75 Å². The molecule has 4 rings (SSSR count). The predicted octanol–water partition coefficient (Wildman–Crippen LogP) is 5.44. The molecular formula is C26H35ClN2O3S. The molecule has 2 aromatic rings. The molecule has 2 heterocycles. The molecule has 0 unspecified atom stereocenters. The molecule has 0 aliphatic carbocycles. The summed E-state index contributed by atoms with van der Waals surface area (Å²) in [7, 11) is -3.54. The van der Waals surface area contributed by atoms with E-state index in [2.05, 4.69) is 36.9 Å². The summed E-state index contributed by atoms with van der Waals surface area (Å²) in [4.78, 5) is 2.73. The lowest BCUT2D eigenvalue weighted by molar-refractivity contribution is 0.0525. The van der Waals surface area contributed by atoms with Gasteiger partial charge >= 0.3 is 0 Å². The molecule has 1 spiro atoms. The number of sulfonamides is 1. The maximum atomic E-state index is 13.1. The van der Waals surface area contributed by atoms with Crippen molar-refractivity contribution in [1.82, 2.24) is 9.21 Å². The highest BCUT2D eigenvalue weighted by molar-refractivity contribution is 7.89. The Bertz CT molecular complexity index is 1040. The van der Waals surface area contributed by atoms with E-state index in [0.717, 1.165) is 57.7 Å². The Labute approximate surface area is 203 Å². The molecule has 0 atom stereocenters. The summed E-state index contributed by atoms with van der Waals surface area (Å²) >= 11 is 6.18. The minimum Gasteiger partial charge on any atom is -0.493 e. The fourth-order valence-corrected chi connectivity index (χ4v) is 6.89. The van der Waals surface area contributed by atoms with Gasteiger partial charge in [-0.15, -0.1) is 0 Å². The summed E-state index contributed by atoms with van der Waals surface area (Å²) in [5, 5.41) is 0.295. The zero-order chi connectivity index (χ0) is 23.5. The highest BCUT2D eigenvalue weighted by Crippen LogP contribution is 2.43. The van der Waals surface area contributed by atoms with Crippen LogP contribution in [0.1, 0.15) is 45.1 Å². The van der Waals surface area contributed by atoms with Crippen molar-refractivity contribution in [3.05, 3.63) is 59.1 Å². The Kier molecular flexibility index (Phi) is 7.69. The van der Waals surface area contributed by atoms with Gasteiger partial charge in [0, 0.05) is 25.2 Å². The van der Waals surface area contributed by atoms with Crippen LogP contribution < -0.4 is 4.74 Å². The van der Waals surface area contributed by atoms with Crippen LogP contribution in [0.3, 0.4) is 0 Å². The molecule has 2 saturated heterocycles. The molecule has 33 heavy (non-hydrogen) atoms. The highest BCUT2D eigenvalue weighted by atomic mass is 35.5. The maximum absolute atomic E-state index is 13.1. The van der Waals surface area contributed by atoms with E-state index in [4.69, 9.17) is 16.3 Å². The number of piperidine rings is 2. The Morgan fingerprint density at radius 1 is 0.939 bits per heavy atom. The summed E-state index contributed by atoms with van der Waals surface area (Å²) in [5.74, 6) is 1.49. The summed E-state index contributed by atoms with van der Waals surface area (Å²) in [6, 6.07) is 15.1. The van der Waals surface area contributed by atoms with Crippen molar-refractivity contribution in [1.29, 1.82) is 0 Å². The number of likely N-dealkylation sites (tertiary alicyclic amines) is 1. The Morgan fingerprint density at radius 2 is 1.55 bits per heavy atom. The first-order chi connectivity index (χ1) is 15.8. The topological polar surface area (TPSA) is 49.9 Å². The lowest BCUT2D eigenvalue weighted by atomic mass is 9.71. The number of nitrogens with zero attached hydrogens (tertiary/aromatic N) is 2. The van der Waals surface area contributed by atoms with Crippen LogP contribution in [0.15, 0.2) is 53.4 Å². The lowest BCUT2D eigenvalue weighted by Crippen LogP contribution is -2.48. The highest BCUT2D eigenvalue weighted by Gasteiger charge is 2.40. The number of hydrogen-bond acceptors (Lipinski definition) is 4. The van der Waals surface area contributed by atoms with E-state index >= 15 is 0 Å². The fraction of sp³-hybridized carbons (Fsp3) is 0.538. The van der Waals surface area contributed by atoms with Crippen LogP contribution in [0.4, 0.5) is 0 Å². The number of ether oxygens (including phenoxy) is 1. The van der Waals surface area contributed by atoms with Gasteiger partial charge < -0.3 is 4.74 Å². The van der Waals surface area contributed by atoms with Gasteiger partial charge in [-0.25, -0.2) is 8.42 Å². The average molecular weight is 491 g/mol. The first kappa shape index (κ1) is 24.5. The van der Waals surface area contributed by atoms with E-state index in [1.54, 1.807) is 28.6 Å². The number of benzene rings is 2. The van der Waals surface area contributed by atoms with E-state index < -0.39 is 10.0 Å². The Balaban J connectivity index is 1.33. The van der Waals surface area contributed by atoms with Crippen LogP contribution in [0.2, 0.25) is 5.02 Å². The van der Waals surface area contributed by atoms with Crippen molar-refractivity contribution >= 4 is 21.6 Å². The second-order valence-corrected chi connectivity index (χ2v) is 12.2. The molecule has 0 amide bonds. The molecule has 0 saturated carbocycles. The van der Waals surface area contributed by atoms with E-state index in [0.29, 0.717) is 24.0 Å². The van der Waals surface area contributed by atoms with Crippen molar-refractivity contribution in [3.63, 3.8) is 0 Å². The van der Waals surface area contributed by atoms with Gasteiger partial charge in [-0.3, -0.25) is 4.90 Å². The average Bonchev–Trinajstić information content (AvgIpc) is 2.80. The number of rotatable bonds is 7. The second-order valence-electron chi connectivity index (χ2n) is 9.92. The van der Waals surface area contributed by atoms with Crippen LogP contribution >= 0.6 is 11.6 Å². The molecule has 2 aliphatic heterocycles. The molecule has 5 nitrogen and oxygen atoms in total.